The van der Waals surface area contributed by atoms with Gasteiger partial charge in [0.15, 0.2) is 29.5 Å². The Balaban J connectivity index is 2.04. The number of rotatable bonds is 28. The van der Waals surface area contributed by atoms with E-state index in [2.05, 4.69) is 78.8 Å². The molecule has 111 heavy (non-hydrogen) atoms. The molecule has 49 heteroatoms. The minimum absolute atomic E-state index is 0.0235. The highest BCUT2D eigenvalue weighted by molar-refractivity contribution is 14.1. The first-order valence-corrected chi connectivity index (χ1v) is 40.5. The maximum Gasteiger partial charge on any atom is 0.326 e. The summed E-state index contributed by atoms with van der Waals surface area (Å²) >= 11 is 3.17. The van der Waals surface area contributed by atoms with E-state index in [1.807, 2.05) is 0 Å². The maximum atomic E-state index is 15.2. The van der Waals surface area contributed by atoms with Crippen LogP contribution in [0.2, 0.25) is 0 Å². The van der Waals surface area contributed by atoms with Gasteiger partial charge in [-0.3, -0.25) is 82.1 Å². The number of aliphatic carboxylic acids is 1. The summed E-state index contributed by atoms with van der Waals surface area (Å²) in [6, 6.07) is -14.7. The Hall–Kier alpha value is -9.15. The fraction of sp³-hybridized carbons (Fsp3) is 0.613. The molecule has 14 amide bonds. The summed E-state index contributed by atoms with van der Waals surface area (Å²) in [5.74, 6) is -19.1. The van der Waals surface area contributed by atoms with Crippen LogP contribution in [0.3, 0.4) is 0 Å². The molecule has 0 aromatic heterocycles. The number of thioether (sulfide) groups is 2. The average Bonchev–Trinajstić information content (AvgIpc) is 1.69. The first-order valence-electron chi connectivity index (χ1n) is 34.7. The number of amides is 14. The standard InChI is InChI=1S/C62H99IN24O20S4/c1-28(88)46-55(103)82-36(22-45(93)94)58(105)87-19-5-9-40(87)54(102)80-32(7-3-16-74-61(68)69)49(97)84-39-26-111-110-25-38(77-44(92)23-64)53(101)86-57(56(104)85-46)109-27-108-24-37(47(95)72-18-14-43(91)76-34(59(106)107)8-4-17-75-62(70)71)83-50(98)33(11-13-42(65)90)79-51(99)35(21-29-10-12-41(89)30(63)20-29)81-48(96)31(78-52(39)100)6-2-15-73-60(66)67/h10,12,20,28,31-40,45-46,57,88-89,93-94H,2-9,11,13-19,21-27,64H2,1H3,(H2,65,90)(H,72,95)(H,76,91)(H,77,92)(H,78,100)(H,79,99)(H,80,102)(H,81,96)(H,82,103)(H,83,98)(H,84,97)(H,85,104)(H,86,101)(H,106,107)(H4,66,67,73)(H4,68,69,74)(H4,70,71,75)/t28-,31-,32-,33-,34-,35-,36-,37-,38-,39-,40-,46+,57+/m0/s1. The van der Waals surface area contributed by atoms with Crippen molar-refractivity contribution in [3.63, 3.8) is 0 Å². The molecule has 44 nitrogen and oxygen atoms in total. The number of hydrogen-bond acceptors (Lipinski definition) is 27. The summed E-state index contributed by atoms with van der Waals surface area (Å²) in [6.45, 7) is -0.580. The predicted octanol–water partition coefficient (Wildman–Crippen LogP) is -10.3. The monoisotopic (exact) mass is 1750 g/mol. The number of nitrogens with two attached hydrogens (primary N) is 8. The van der Waals surface area contributed by atoms with Crippen molar-refractivity contribution in [2.45, 2.75) is 175 Å². The third kappa shape index (κ3) is 34.2. The zero-order valence-corrected chi connectivity index (χ0v) is 65.8. The molecule has 3 aliphatic rings. The van der Waals surface area contributed by atoms with Crippen LogP contribution in [0.25, 0.3) is 0 Å². The van der Waals surface area contributed by atoms with E-state index in [4.69, 9.17) is 45.9 Å². The molecule has 4 rings (SSSR count). The van der Waals surface area contributed by atoms with Crippen molar-refractivity contribution in [3.8, 4) is 5.75 Å². The number of aromatic hydroxyl groups is 1. The highest BCUT2D eigenvalue weighted by Crippen LogP contribution is 2.27. The Bertz CT molecular complexity index is 3540. The SMILES string of the molecule is C[C@H](O)[C@H]1NC(=O)[C@@H]2NC(=O)[C@@H](NC(=O)CN)CSSC[C@H](NC(=O)[C@H](CCCN=C(N)N)NC(=O)[C@@H]3CCCN3C(=O)[C@H](CC(O)O)NC1=O)C(=O)N[C@@H](CCCN=C(N)N)C(=O)N[C@@H](Cc1ccc(O)c(I)c1)C(=O)N[C@@H](CCC(N)=O)C(=O)N[C@H](C(=O)NCCC(=O)N[C@@H](CCCN=C(N)N)C(=O)O)CSCS2. The molecule has 13 atom stereocenters. The molecule has 0 aliphatic carbocycles. The van der Waals surface area contributed by atoms with Crippen LogP contribution in [-0.2, 0) is 78.3 Å². The zero-order valence-electron chi connectivity index (χ0n) is 60.4. The van der Waals surface area contributed by atoms with E-state index in [0.29, 0.717) is 17.3 Å². The summed E-state index contributed by atoms with van der Waals surface area (Å²) in [4.78, 5) is 226. The van der Waals surface area contributed by atoms with E-state index in [0.717, 1.165) is 45.2 Å². The van der Waals surface area contributed by atoms with E-state index >= 15 is 14.4 Å². The number of aliphatic imine (C=N–C) groups is 3. The van der Waals surface area contributed by atoms with Gasteiger partial charge in [0.2, 0.25) is 76.8 Å². The number of carbonyl (C=O) groups is 15. The smallest absolute Gasteiger partial charge is 0.326 e. The van der Waals surface area contributed by atoms with Crippen LogP contribution in [0.15, 0.2) is 33.2 Å². The van der Waals surface area contributed by atoms with Gasteiger partial charge in [-0.1, -0.05) is 27.7 Å². The number of primary amides is 1. The first-order chi connectivity index (χ1) is 52.5. The van der Waals surface area contributed by atoms with Crippen LogP contribution >= 0.6 is 67.7 Å². The number of carboxylic acid groups (broad SMARTS) is 1. The number of nitrogens with one attached hydrogen (secondary N) is 12. The lowest BCUT2D eigenvalue weighted by molar-refractivity contribution is -0.145. The number of fused-ring (bicyclic) bond motifs is 9. The zero-order chi connectivity index (χ0) is 82.6. The molecule has 2 bridgehead atoms. The topological polar surface area (TPSA) is 750 Å². The molecule has 3 heterocycles. The van der Waals surface area contributed by atoms with Crippen molar-refractivity contribution < 1.29 is 97.5 Å². The molecule has 0 saturated carbocycles. The Morgan fingerprint density at radius 2 is 1.21 bits per heavy atom. The van der Waals surface area contributed by atoms with Gasteiger partial charge in [0.05, 0.1) is 16.2 Å². The number of carboxylic acids is 1. The lowest BCUT2D eigenvalue weighted by Gasteiger charge is -2.31. The van der Waals surface area contributed by atoms with Gasteiger partial charge in [-0.2, -0.15) is 0 Å². The van der Waals surface area contributed by atoms with E-state index in [9.17, 15) is 83.1 Å². The average molecular weight is 1760 g/mol. The van der Waals surface area contributed by atoms with Crippen molar-refractivity contribution in [3.05, 3.63) is 27.3 Å². The number of aliphatic hydroxyl groups is 3. The van der Waals surface area contributed by atoms with Gasteiger partial charge >= 0.3 is 5.97 Å². The Morgan fingerprint density at radius 3 is 1.80 bits per heavy atom. The van der Waals surface area contributed by atoms with E-state index in [-0.39, 0.29) is 110 Å². The van der Waals surface area contributed by atoms with Gasteiger partial charge in [0, 0.05) is 80.8 Å². The number of phenols is 1. The van der Waals surface area contributed by atoms with Crippen molar-refractivity contribution in [2.75, 3.05) is 61.6 Å². The maximum absolute atomic E-state index is 15.2. The van der Waals surface area contributed by atoms with Gasteiger partial charge in [-0.25, -0.2) is 4.79 Å². The molecule has 3 saturated heterocycles. The van der Waals surface area contributed by atoms with E-state index in [1.54, 1.807) is 22.6 Å². The van der Waals surface area contributed by atoms with Crippen LogP contribution in [0.5, 0.6) is 5.75 Å². The molecule has 0 unspecified atom stereocenters. The fourth-order valence-electron chi connectivity index (χ4n) is 10.9. The number of halogens is 1. The molecule has 618 valence electrons. The second-order valence-corrected chi connectivity index (χ2v) is 31.5. The number of nitrogens with zero attached hydrogens (tertiary/aromatic N) is 4. The van der Waals surface area contributed by atoms with Gasteiger partial charge in [0.25, 0.3) is 5.91 Å². The van der Waals surface area contributed by atoms with Crippen LogP contribution in [0, 0.1) is 3.57 Å². The Morgan fingerprint density at radius 1 is 0.640 bits per heavy atom. The molecular weight excluding hydrogens is 1660 g/mol. The van der Waals surface area contributed by atoms with Crippen molar-refractivity contribution >= 4 is 174 Å². The Labute approximate surface area is 666 Å². The fourth-order valence-corrected chi connectivity index (χ4v) is 16.0. The van der Waals surface area contributed by atoms with Crippen LogP contribution in [0.1, 0.15) is 89.5 Å². The number of guanidine groups is 3. The summed E-state index contributed by atoms with van der Waals surface area (Å²) in [6.07, 6.45) is -7.90. The second-order valence-electron chi connectivity index (χ2n) is 25.3. The molecular formula is C62H99IN24O20S4. The summed E-state index contributed by atoms with van der Waals surface area (Å²) < 4.78 is 0.281. The number of hydrogen-bond donors (Lipinski definition) is 25. The third-order valence-electron chi connectivity index (χ3n) is 16.5. The second kappa shape index (κ2) is 48.6. The first kappa shape index (κ1) is 94.2. The van der Waals surface area contributed by atoms with Crippen LogP contribution in [0.4, 0.5) is 0 Å². The number of benzene rings is 1. The number of aliphatic hydroxyl groups excluding tert-OH is 2. The molecule has 0 spiro atoms. The van der Waals surface area contributed by atoms with E-state index in [1.165, 1.54) is 18.2 Å². The lowest BCUT2D eigenvalue weighted by atomic mass is 10.0. The normalized spacial score (nSPS) is 23.9. The van der Waals surface area contributed by atoms with Crippen molar-refractivity contribution in [1.82, 2.24) is 68.7 Å². The van der Waals surface area contributed by atoms with Crippen molar-refractivity contribution in [2.24, 2.45) is 60.8 Å². The summed E-state index contributed by atoms with van der Waals surface area (Å²) in [5, 5.41) is 79.7. The highest BCUT2D eigenvalue weighted by Gasteiger charge is 2.43. The van der Waals surface area contributed by atoms with Crippen LogP contribution < -0.4 is 110 Å². The number of carbonyl (C=O) groups excluding carboxylic acids is 14. The molecule has 0 radical (unpaired) electrons. The van der Waals surface area contributed by atoms with Crippen LogP contribution in [-0.4, -0.2) is 283 Å². The quantitative estimate of drug-likeness (QED) is 0.00925. The minimum Gasteiger partial charge on any atom is -0.507 e. The van der Waals surface area contributed by atoms with Gasteiger partial charge in [-0.05, 0) is 105 Å². The van der Waals surface area contributed by atoms with E-state index < -0.39 is 235 Å². The third-order valence-corrected chi connectivity index (χ3v) is 22.2. The van der Waals surface area contributed by atoms with Crippen molar-refractivity contribution in [1.29, 1.82) is 0 Å². The molecule has 1 aromatic carbocycles. The molecule has 1 aromatic rings. The minimum atomic E-state index is -2.32. The Kier molecular flexibility index (Phi) is 41.2. The highest BCUT2D eigenvalue weighted by atomic mass is 127. The predicted molar refractivity (Wildman–Crippen MR) is 417 cm³/mol. The van der Waals surface area contributed by atoms with Gasteiger partial charge < -0.3 is 140 Å². The largest absolute Gasteiger partial charge is 0.507 e. The van der Waals surface area contributed by atoms with Gasteiger partial charge in [-0.15, -0.1) is 23.5 Å². The van der Waals surface area contributed by atoms with Gasteiger partial charge in [0.1, 0.15) is 72.2 Å². The lowest BCUT2D eigenvalue weighted by Crippen LogP contribution is -2.62. The summed E-state index contributed by atoms with van der Waals surface area (Å²) in [5.41, 5.74) is 44.7. The molecule has 33 N–H and O–H groups in total. The molecule has 3 aliphatic heterocycles. The molecule has 3 fully saturated rings. The summed E-state index contributed by atoms with van der Waals surface area (Å²) in [7, 11) is 1.62. The number of phenolic OH excluding ortho intramolecular Hbond substituents is 1.